The molecule has 1 heterocycles. The van der Waals surface area contributed by atoms with Gasteiger partial charge in [0.2, 0.25) is 0 Å². The first-order chi connectivity index (χ1) is 10.2. The molecule has 0 aromatic heterocycles. The van der Waals surface area contributed by atoms with Crippen molar-refractivity contribution in [3.63, 3.8) is 0 Å². The Morgan fingerprint density at radius 3 is 2.48 bits per heavy atom. The van der Waals surface area contributed by atoms with Gasteiger partial charge in [-0.3, -0.25) is 4.90 Å². The summed E-state index contributed by atoms with van der Waals surface area (Å²) in [6.07, 6.45) is 5.37. The molecule has 1 saturated heterocycles. The highest BCUT2D eigenvalue weighted by atomic mass is 16.5. The summed E-state index contributed by atoms with van der Waals surface area (Å²) < 4.78 is 5.83. The van der Waals surface area contributed by atoms with Crippen LogP contribution >= 0.6 is 0 Å². The van der Waals surface area contributed by atoms with Crippen LogP contribution in [0.25, 0.3) is 0 Å². The number of β-amino-alcohol motifs (C(OH)–C–C–N with tert-alkyl or cyclic N) is 1. The number of ether oxygens (including phenoxy) is 1. The van der Waals surface area contributed by atoms with Crippen molar-refractivity contribution in [2.75, 3.05) is 52.5 Å². The summed E-state index contributed by atoms with van der Waals surface area (Å²) in [7, 11) is 0. The summed E-state index contributed by atoms with van der Waals surface area (Å²) in [5.74, 6) is 2.70. The molecule has 0 aromatic rings. The van der Waals surface area contributed by atoms with Crippen molar-refractivity contribution >= 4 is 0 Å². The van der Waals surface area contributed by atoms with Gasteiger partial charge >= 0.3 is 0 Å². The number of hydrogen-bond acceptors (Lipinski definition) is 4. The van der Waals surface area contributed by atoms with Gasteiger partial charge in [0.25, 0.3) is 0 Å². The Morgan fingerprint density at radius 2 is 1.86 bits per heavy atom. The third-order valence-corrected chi connectivity index (χ3v) is 5.91. The van der Waals surface area contributed by atoms with E-state index >= 15 is 0 Å². The number of hydrogen-bond donors (Lipinski definition) is 1. The lowest BCUT2D eigenvalue weighted by atomic mass is 9.90. The molecule has 0 radical (unpaired) electrons. The Balaban J connectivity index is 1.27. The van der Waals surface area contributed by atoms with Gasteiger partial charge in [0.15, 0.2) is 0 Å². The zero-order valence-corrected chi connectivity index (χ0v) is 13.5. The van der Waals surface area contributed by atoms with Gasteiger partial charge < -0.3 is 14.7 Å². The number of likely N-dealkylation sites (N-methyl/N-ethyl adjacent to an activating group) is 1. The molecule has 3 aliphatic rings. The highest BCUT2D eigenvalue weighted by Crippen LogP contribution is 2.48. The summed E-state index contributed by atoms with van der Waals surface area (Å²) in [4.78, 5) is 4.84. The topological polar surface area (TPSA) is 35.9 Å². The Morgan fingerprint density at radius 1 is 1.10 bits per heavy atom. The Hall–Kier alpha value is -0.160. The van der Waals surface area contributed by atoms with Crippen LogP contribution in [0, 0.1) is 17.8 Å². The molecule has 1 aliphatic heterocycles. The number of rotatable bonds is 7. The van der Waals surface area contributed by atoms with Crippen LogP contribution in [0.5, 0.6) is 0 Å². The lowest BCUT2D eigenvalue weighted by molar-refractivity contribution is -0.00831. The van der Waals surface area contributed by atoms with Gasteiger partial charge in [-0.05, 0) is 43.6 Å². The Labute approximate surface area is 129 Å². The van der Waals surface area contributed by atoms with E-state index in [1.165, 1.54) is 25.7 Å². The number of aliphatic hydroxyl groups excluding tert-OH is 1. The van der Waals surface area contributed by atoms with Crippen LogP contribution in [0.3, 0.4) is 0 Å². The average Bonchev–Trinajstić information content (AvgIpc) is 3.11. The maximum atomic E-state index is 10.2. The van der Waals surface area contributed by atoms with E-state index in [1.54, 1.807) is 0 Å². The molecule has 122 valence electrons. The van der Waals surface area contributed by atoms with Gasteiger partial charge in [-0.15, -0.1) is 0 Å². The van der Waals surface area contributed by atoms with E-state index in [-0.39, 0.29) is 6.10 Å². The fraction of sp³-hybridized carbons (Fsp3) is 1.00. The van der Waals surface area contributed by atoms with Crippen molar-refractivity contribution in [1.82, 2.24) is 9.80 Å². The van der Waals surface area contributed by atoms with Crippen LogP contribution in [-0.4, -0.2) is 73.5 Å². The molecule has 2 saturated carbocycles. The fourth-order valence-corrected chi connectivity index (χ4v) is 4.57. The highest BCUT2D eigenvalue weighted by Gasteiger charge is 2.39. The van der Waals surface area contributed by atoms with Crippen molar-refractivity contribution in [2.24, 2.45) is 17.8 Å². The maximum absolute atomic E-state index is 10.2. The zero-order chi connectivity index (χ0) is 14.7. The smallest absolute Gasteiger partial charge is 0.0900 e. The monoisotopic (exact) mass is 296 g/mol. The van der Waals surface area contributed by atoms with Crippen LogP contribution in [0.15, 0.2) is 0 Å². The molecule has 0 spiro atoms. The van der Waals surface area contributed by atoms with Gasteiger partial charge in [0.1, 0.15) is 0 Å². The predicted molar refractivity (Wildman–Crippen MR) is 84.3 cm³/mol. The normalized spacial score (nSPS) is 35.4. The van der Waals surface area contributed by atoms with Gasteiger partial charge in [0.05, 0.1) is 12.7 Å². The molecule has 0 amide bonds. The van der Waals surface area contributed by atoms with E-state index in [0.717, 1.165) is 63.6 Å². The lowest BCUT2D eigenvalue weighted by Gasteiger charge is -2.35. The molecule has 1 N–H and O–H groups in total. The molecule has 4 heteroatoms. The number of nitrogens with zero attached hydrogens (tertiary/aromatic N) is 2. The molecular weight excluding hydrogens is 264 g/mol. The van der Waals surface area contributed by atoms with Gasteiger partial charge in [-0.2, -0.15) is 0 Å². The lowest BCUT2D eigenvalue weighted by Crippen LogP contribution is -2.48. The SMILES string of the molecule is CCN1CCN(C[C@H](O)COC[C@H]2C[C@@H]3CC[C@@H]2C3)CC1. The van der Waals surface area contributed by atoms with Crippen LogP contribution in [0.2, 0.25) is 0 Å². The third kappa shape index (κ3) is 4.19. The summed E-state index contributed by atoms with van der Waals surface area (Å²) in [5.41, 5.74) is 0. The molecule has 21 heavy (non-hydrogen) atoms. The average molecular weight is 296 g/mol. The van der Waals surface area contributed by atoms with Crippen molar-refractivity contribution in [3.05, 3.63) is 0 Å². The summed E-state index contributed by atoms with van der Waals surface area (Å²) in [6.45, 7) is 9.95. The van der Waals surface area contributed by atoms with Gasteiger partial charge in [-0.1, -0.05) is 13.3 Å². The molecular formula is C17H32N2O2. The van der Waals surface area contributed by atoms with Crippen LogP contribution in [0.1, 0.15) is 32.6 Å². The van der Waals surface area contributed by atoms with Crippen LogP contribution in [-0.2, 0) is 4.74 Å². The highest BCUT2D eigenvalue weighted by molar-refractivity contribution is 4.89. The zero-order valence-electron chi connectivity index (χ0n) is 13.5. The fourth-order valence-electron chi connectivity index (χ4n) is 4.57. The molecule has 0 aromatic carbocycles. The van der Waals surface area contributed by atoms with E-state index < -0.39 is 0 Å². The standard InChI is InChI=1S/C17H32N2O2/c1-2-18-5-7-19(8-6-18)11-17(20)13-21-12-16-10-14-3-4-15(16)9-14/h14-17,20H,2-13H2,1H3/t14-,15-,16-,17+/m1/s1. The second-order valence-corrected chi connectivity index (χ2v) is 7.36. The van der Waals surface area contributed by atoms with Crippen molar-refractivity contribution in [2.45, 2.75) is 38.7 Å². The summed E-state index contributed by atoms with van der Waals surface area (Å²) >= 11 is 0. The van der Waals surface area contributed by atoms with Crippen LogP contribution < -0.4 is 0 Å². The van der Waals surface area contributed by atoms with E-state index in [9.17, 15) is 5.11 Å². The minimum absolute atomic E-state index is 0.322. The Kier molecular flexibility index (Phi) is 5.54. The molecule has 3 rings (SSSR count). The largest absolute Gasteiger partial charge is 0.389 e. The number of fused-ring (bicyclic) bond motifs is 2. The maximum Gasteiger partial charge on any atom is 0.0900 e. The quantitative estimate of drug-likeness (QED) is 0.771. The first-order valence-corrected chi connectivity index (χ1v) is 8.95. The first kappa shape index (κ1) is 15.7. The molecule has 4 nitrogen and oxygen atoms in total. The summed E-state index contributed by atoms with van der Waals surface area (Å²) in [5, 5.41) is 10.2. The van der Waals surface area contributed by atoms with Gasteiger partial charge in [0, 0.05) is 39.3 Å². The number of aliphatic hydroxyl groups is 1. The van der Waals surface area contributed by atoms with E-state index in [1.807, 2.05) is 0 Å². The molecule has 3 fully saturated rings. The van der Waals surface area contributed by atoms with Crippen molar-refractivity contribution < 1.29 is 9.84 Å². The molecule has 0 unspecified atom stereocenters. The van der Waals surface area contributed by atoms with Gasteiger partial charge in [-0.25, -0.2) is 0 Å². The second kappa shape index (κ2) is 7.40. The van der Waals surface area contributed by atoms with Crippen molar-refractivity contribution in [3.8, 4) is 0 Å². The molecule has 2 aliphatic carbocycles. The predicted octanol–water partition coefficient (Wildman–Crippen LogP) is 1.44. The van der Waals surface area contributed by atoms with E-state index in [4.69, 9.17) is 4.74 Å². The second-order valence-electron chi connectivity index (χ2n) is 7.36. The number of piperazine rings is 1. The molecule has 2 bridgehead atoms. The minimum Gasteiger partial charge on any atom is -0.389 e. The van der Waals surface area contributed by atoms with Crippen LogP contribution in [0.4, 0.5) is 0 Å². The molecule has 4 atom stereocenters. The van der Waals surface area contributed by atoms with Crippen molar-refractivity contribution in [1.29, 1.82) is 0 Å². The Bertz CT molecular complexity index is 318. The first-order valence-electron chi connectivity index (χ1n) is 8.95. The summed E-state index contributed by atoms with van der Waals surface area (Å²) in [6, 6.07) is 0. The van der Waals surface area contributed by atoms with E-state index in [0.29, 0.717) is 6.61 Å². The van der Waals surface area contributed by atoms with E-state index in [2.05, 4.69) is 16.7 Å². The minimum atomic E-state index is -0.322. The third-order valence-electron chi connectivity index (χ3n) is 5.91.